The van der Waals surface area contributed by atoms with Gasteiger partial charge in [-0.15, -0.1) is 11.3 Å². The van der Waals surface area contributed by atoms with Crippen LogP contribution < -0.4 is 4.90 Å². The maximum Gasteiger partial charge on any atom is 0.160 e. The molecule has 212 valence electrons. The van der Waals surface area contributed by atoms with Gasteiger partial charge in [0, 0.05) is 36.6 Å². The van der Waals surface area contributed by atoms with Crippen molar-refractivity contribution >= 4 is 70.5 Å². The summed E-state index contributed by atoms with van der Waals surface area (Å²) >= 11 is 1.84. The maximum atomic E-state index is 6.83. The molecule has 0 unspecified atom stereocenters. The molecule has 9 aromatic rings. The molecule has 0 amide bonds. The van der Waals surface area contributed by atoms with Crippen molar-refractivity contribution in [3.05, 3.63) is 164 Å². The number of hydrogen-bond donors (Lipinski definition) is 0. The zero-order chi connectivity index (χ0) is 29.7. The van der Waals surface area contributed by atoms with Gasteiger partial charge in [-0.3, -0.25) is 0 Å². The summed E-state index contributed by atoms with van der Waals surface area (Å²) in [5.74, 6) is 0. The van der Waals surface area contributed by atoms with Crippen molar-refractivity contribution in [1.82, 2.24) is 0 Å². The Balaban J connectivity index is 1.39. The highest BCUT2D eigenvalue weighted by Gasteiger charge is 2.24. The third kappa shape index (κ3) is 4.24. The fourth-order valence-corrected chi connectivity index (χ4v) is 7.78. The zero-order valence-electron chi connectivity index (χ0n) is 24.4. The van der Waals surface area contributed by atoms with E-state index in [1.54, 1.807) is 0 Å². The van der Waals surface area contributed by atoms with E-state index in [1.807, 2.05) is 17.4 Å². The smallest absolute Gasteiger partial charge is 0.160 e. The van der Waals surface area contributed by atoms with E-state index in [1.165, 1.54) is 36.9 Å². The molecule has 0 aliphatic heterocycles. The van der Waals surface area contributed by atoms with Crippen LogP contribution in [-0.2, 0) is 0 Å². The number of thiophene rings is 1. The van der Waals surface area contributed by atoms with Gasteiger partial charge < -0.3 is 9.32 Å². The highest BCUT2D eigenvalue weighted by Crippen LogP contribution is 2.49. The zero-order valence-corrected chi connectivity index (χ0v) is 25.2. The molecule has 7 aromatic carbocycles. The molecule has 2 heterocycles. The summed E-state index contributed by atoms with van der Waals surface area (Å²) in [4.78, 5) is 2.40. The van der Waals surface area contributed by atoms with Gasteiger partial charge in [0.2, 0.25) is 0 Å². The Morgan fingerprint density at radius 3 is 1.96 bits per heavy atom. The van der Waals surface area contributed by atoms with E-state index in [-0.39, 0.29) is 0 Å². The minimum atomic E-state index is 0.874. The molecule has 0 fully saturated rings. The number of furan rings is 1. The first kappa shape index (κ1) is 25.8. The van der Waals surface area contributed by atoms with E-state index in [0.29, 0.717) is 0 Å². The second kappa shape index (κ2) is 10.5. The van der Waals surface area contributed by atoms with Crippen molar-refractivity contribution in [1.29, 1.82) is 0 Å². The number of benzene rings is 7. The predicted molar refractivity (Wildman–Crippen MR) is 192 cm³/mol. The van der Waals surface area contributed by atoms with Crippen LogP contribution in [0.5, 0.6) is 0 Å². The molecule has 0 atom stereocenters. The van der Waals surface area contributed by atoms with E-state index in [9.17, 15) is 0 Å². The highest BCUT2D eigenvalue weighted by molar-refractivity contribution is 7.26. The predicted octanol–water partition coefficient (Wildman–Crippen LogP) is 12.8. The third-order valence-electron chi connectivity index (χ3n) is 8.66. The first-order chi connectivity index (χ1) is 22.3. The number of nitrogens with zero attached hydrogens (tertiary/aromatic N) is 1. The second-order valence-corrected chi connectivity index (χ2v) is 12.4. The Kier molecular flexibility index (Phi) is 6.03. The molecule has 0 aliphatic carbocycles. The van der Waals surface area contributed by atoms with Crippen LogP contribution in [0.4, 0.5) is 17.1 Å². The first-order valence-electron chi connectivity index (χ1n) is 15.2. The van der Waals surface area contributed by atoms with E-state index in [2.05, 4.69) is 163 Å². The Morgan fingerprint density at radius 1 is 0.444 bits per heavy atom. The van der Waals surface area contributed by atoms with Crippen molar-refractivity contribution in [2.24, 2.45) is 0 Å². The van der Waals surface area contributed by atoms with Gasteiger partial charge in [0.25, 0.3) is 0 Å². The van der Waals surface area contributed by atoms with Gasteiger partial charge in [-0.1, -0.05) is 121 Å². The molecule has 45 heavy (non-hydrogen) atoms. The van der Waals surface area contributed by atoms with Gasteiger partial charge in [0.15, 0.2) is 5.58 Å². The Bertz CT molecular complexity index is 2490. The van der Waals surface area contributed by atoms with Crippen LogP contribution in [0.15, 0.2) is 168 Å². The molecule has 2 aromatic heterocycles. The van der Waals surface area contributed by atoms with Crippen LogP contribution in [0.25, 0.3) is 64.4 Å². The summed E-state index contributed by atoms with van der Waals surface area (Å²) in [6.07, 6.45) is 0. The van der Waals surface area contributed by atoms with Crippen molar-refractivity contribution in [3.8, 4) is 22.3 Å². The van der Waals surface area contributed by atoms with Crippen LogP contribution >= 0.6 is 11.3 Å². The lowest BCUT2D eigenvalue weighted by Crippen LogP contribution is -2.11. The SMILES string of the molecule is c1ccc(-c2cccc(N(c3ccc(-c4ccccc4)c4c3oc3ccccc34)c3cccc4sc5ccccc5c34)c2)cc1. The number of para-hydroxylation sites is 1. The van der Waals surface area contributed by atoms with Gasteiger partial charge in [0.05, 0.1) is 11.4 Å². The minimum absolute atomic E-state index is 0.874. The molecular weight excluding hydrogens is 567 g/mol. The van der Waals surface area contributed by atoms with E-state index < -0.39 is 0 Å². The molecule has 0 N–H and O–H groups in total. The molecule has 0 bridgehead atoms. The fourth-order valence-electron chi connectivity index (χ4n) is 6.65. The quantitative estimate of drug-likeness (QED) is 0.197. The molecule has 9 rings (SSSR count). The van der Waals surface area contributed by atoms with E-state index >= 15 is 0 Å². The standard InChI is InChI=1S/C42H27NOS/c1-3-13-28(14-4-1)30-17-11-18-31(27-30)43(35-21-12-24-39-41(35)34-20-8-10-23-38(34)45-39)36-26-25-32(29-15-5-2-6-16-29)40-33-19-7-9-22-37(33)44-42(36)40/h1-27H. The van der Waals surface area contributed by atoms with Crippen molar-refractivity contribution in [2.75, 3.05) is 4.90 Å². The van der Waals surface area contributed by atoms with Crippen molar-refractivity contribution in [3.63, 3.8) is 0 Å². The lowest BCUT2D eigenvalue weighted by atomic mass is 9.97. The molecule has 3 heteroatoms. The molecule has 0 radical (unpaired) electrons. The van der Waals surface area contributed by atoms with Gasteiger partial charge in [-0.25, -0.2) is 0 Å². The van der Waals surface area contributed by atoms with Gasteiger partial charge in [-0.05, 0) is 64.7 Å². The molecule has 0 aliphatic rings. The van der Waals surface area contributed by atoms with Crippen LogP contribution in [0.2, 0.25) is 0 Å². The second-order valence-electron chi connectivity index (χ2n) is 11.3. The summed E-state index contributed by atoms with van der Waals surface area (Å²) < 4.78 is 9.37. The third-order valence-corrected chi connectivity index (χ3v) is 9.80. The van der Waals surface area contributed by atoms with Gasteiger partial charge >= 0.3 is 0 Å². The summed E-state index contributed by atoms with van der Waals surface area (Å²) in [7, 11) is 0. The molecule has 2 nitrogen and oxygen atoms in total. The van der Waals surface area contributed by atoms with Crippen LogP contribution in [0.1, 0.15) is 0 Å². The minimum Gasteiger partial charge on any atom is -0.454 e. The summed E-state index contributed by atoms with van der Waals surface area (Å²) in [5.41, 5.74) is 9.66. The summed E-state index contributed by atoms with van der Waals surface area (Å²) in [5, 5.41) is 4.75. The average Bonchev–Trinajstić information content (AvgIpc) is 3.69. The summed E-state index contributed by atoms with van der Waals surface area (Å²) in [6.45, 7) is 0. The number of rotatable bonds is 5. The Labute approximate surface area is 265 Å². The normalized spacial score (nSPS) is 11.6. The van der Waals surface area contributed by atoms with E-state index in [4.69, 9.17) is 4.42 Å². The number of fused-ring (bicyclic) bond motifs is 6. The van der Waals surface area contributed by atoms with Crippen molar-refractivity contribution in [2.45, 2.75) is 0 Å². The van der Waals surface area contributed by atoms with Crippen LogP contribution in [0.3, 0.4) is 0 Å². The molecule has 0 saturated heterocycles. The van der Waals surface area contributed by atoms with Crippen LogP contribution in [0, 0.1) is 0 Å². The first-order valence-corrected chi connectivity index (χ1v) is 16.0. The average molecular weight is 594 g/mol. The summed E-state index contributed by atoms with van der Waals surface area (Å²) in [6, 6.07) is 58.3. The van der Waals surface area contributed by atoms with E-state index in [0.717, 1.165) is 44.6 Å². The van der Waals surface area contributed by atoms with Gasteiger partial charge in [-0.2, -0.15) is 0 Å². The number of anilines is 3. The highest BCUT2D eigenvalue weighted by atomic mass is 32.1. The molecule has 0 spiro atoms. The molecule has 0 saturated carbocycles. The lowest BCUT2D eigenvalue weighted by molar-refractivity contribution is 0.669. The van der Waals surface area contributed by atoms with Crippen LogP contribution in [-0.4, -0.2) is 0 Å². The van der Waals surface area contributed by atoms with Crippen molar-refractivity contribution < 1.29 is 4.42 Å². The number of hydrogen-bond acceptors (Lipinski definition) is 3. The van der Waals surface area contributed by atoms with Gasteiger partial charge in [0.1, 0.15) is 5.58 Å². The fraction of sp³-hybridized carbons (Fsp3) is 0. The lowest BCUT2D eigenvalue weighted by Gasteiger charge is -2.27. The Morgan fingerprint density at radius 2 is 1.11 bits per heavy atom. The molecular formula is C42H27NOS. The maximum absolute atomic E-state index is 6.83. The largest absolute Gasteiger partial charge is 0.454 e. The Hall–Kier alpha value is -5.64. The monoisotopic (exact) mass is 593 g/mol. The topological polar surface area (TPSA) is 16.4 Å².